The van der Waals surface area contributed by atoms with Crippen molar-refractivity contribution in [3.63, 3.8) is 0 Å². The fourth-order valence-corrected chi connectivity index (χ4v) is 1.60. The van der Waals surface area contributed by atoms with Crippen LogP contribution in [0.15, 0.2) is 30.3 Å². The van der Waals surface area contributed by atoms with E-state index in [1.165, 1.54) is 7.11 Å². The number of benzene rings is 1. The molecule has 1 amide bonds. The first-order valence-electron chi connectivity index (χ1n) is 5.62. The molecule has 2 rings (SSSR count). The summed E-state index contributed by atoms with van der Waals surface area (Å²) in [6.45, 7) is 1.80. The van der Waals surface area contributed by atoms with E-state index in [0.717, 1.165) is 5.69 Å². The van der Waals surface area contributed by atoms with E-state index >= 15 is 0 Å². The third kappa shape index (κ3) is 2.79. The van der Waals surface area contributed by atoms with Gasteiger partial charge < -0.3 is 10.1 Å². The zero-order valence-electron chi connectivity index (χ0n) is 10.6. The van der Waals surface area contributed by atoms with Gasteiger partial charge in [0, 0.05) is 5.69 Å². The van der Waals surface area contributed by atoms with Gasteiger partial charge in [-0.1, -0.05) is 12.1 Å². The number of para-hydroxylation sites is 1. The molecule has 6 heteroatoms. The summed E-state index contributed by atoms with van der Waals surface area (Å²) in [6, 6.07) is 8.25. The summed E-state index contributed by atoms with van der Waals surface area (Å²) in [5.41, 5.74) is 1.73. The first kappa shape index (κ1) is 12.8. The SMILES string of the molecule is COC(=O)c1ccccc1NC(=O)c1cc(C)[nH]n1. The Labute approximate surface area is 109 Å². The van der Waals surface area contributed by atoms with Gasteiger partial charge in [-0.25, -0.2) is 4.79 Å². The van der Waals surface area contributed by atoms with Gasteiger partial charge in [-0.2, -0.15) is 5.10 Å². The zero-order valence-corrected chi connectivity index (χ0v) is 10.6. The maximum Gasteiger partial charge on any atom is 0.339 e. The number of hydrogen-bond donors (Lipinski definition) is 2. The van der Waals surface area contributed by atoms with E-state index in [4.69, 9.17) is 0 Å². The molecule has 6 nitrogen and oxygen atoms in total. The molecule has 0 spiro atoms. The highest BCUT2D eigenvalue weighted by molar-refractivity contribution is 6.07. The van der Waals surface area contributed by atoms with Crippen LogP contribution in [0.25, 0.3) is 0 Å². The summed E-state index contributed by atoms with van der Waals surface area (Å²) in [4.78, 5) is 23.5. The van der Waals surface area contributed by atoms with Gasteiger partial charge in [-0.05, 0) is 25.1 Å². The molecule has 1 heterocycles. The van der Waals surface area contributed by atoms with Crippen LogP contribution in [0, 0.1) is 6.92 Å². The summed E-state index contributed by atoms with van der Waals surface area (Å²) < 4.78 is 4.66. The van der Waals surface area contributed by atoms with Crippen LogP contribution in [-0.4, -0.2) is 29.2 Å². The Hall–Kier alpha value is -2.63. The Morgan fingerprint density at radius 1 is 1.32 bits per heavy atom. The Balaban J connectivity index is 2.24. The molecule has 0 saturated heterocycles. The molecule has 0 aliphatic carbocycles. The largest absolute Gasteiger partial charge is 0.465 e. The average molecular weight is 259 g/mol. The summed E-state index contributed by atoms with van der Waals surface area (Å²) in [5.74, 6) is -0.894. The van der Waals surface area contributed by atoms with Crippen molar-refractivity contribution in [2.75, 3.05) is 12.4 Å². The van der Waals surface area contributed by atoms with Crippen molar-refractivity contribution >= 4 is 17.6 Å². The van der Waals surface area contributed by atoms with Crippen LogP contribution in [0.3, 0.4) is 0 Å². The number of nitrogens with zero attached hydrogens (tertiary/aromatic N) is 1. The van der Waals surface area contributed by atoms with Gasteiger partial charge in [0.25, 0.3) is 5.91 Å². The number of carbonyl (C=O) groups excluding carboxylic acids is 2. The molecule has 2 N–H and O–H groups in total. The lowest BCUT2D eigenvalue weighted by atomic mass is 10.1. The van der Waals surface area contributed by atoms with Crippen LogP contribution in [0.4, 0.5) is 5.69 Å². The highest BCUT2D eigenvalue weighted by atomic mass is 16.5. The topological polar surface area (TPSA) is 84.1 Å². The molecule has 0 radical (unpaired) electrons. The first-order valence-corrected chi connectivity index (χ1v) is 5.62. The molecule has 0 fully saturated rings. The predicted molar refractivity (Wildman–Crippen MR) is 69.1 cm³/mol. The number of aromatic nitrogens is 2. The second-order valence-corrected chi connectivity index (χ2v) is 3.93. The van der Waals surface area contributed by atoms with Crippen molar-refractivity contribution in [3.05, 3.63) is 47.3 Å². The van der Waals surface area contributed by atoms with Crippen molar-refractivity contribution in [2.24, 2.45) is 0 Å². The fraction of sp³-hybridized carbons (Fsp3) is 0.154. The molecule has 0 bridgehead atoms. The van der Waals surface area contributed by atoms with E-state index in [1.807, 2.05) is 0 Å². The second kappa shape index (κ2) is 5.34. The zero-order chi connectivity index (χ0) is 13.8. The molecule has 98 valence electrons. The summed E-state index contributed by atoms with van der Waals surface area (Å²) in [5, 5.41) is 9.17. The smallest absolute Gasteiger partial charge is 0.339 e. The minimum Gasteiger partial charge on any atom is -0.465 e. The number of carbonyl (C=O) groups is 2. The number of amides is 1. The van der Waals surface area contributed by atoms with Crippen molar-refractivity contribution in [1.82, 2.24) is 10.2 Å². The van der Waals surface area contributed by atoms with Gasteiger partial charge in [0.05, 0.1) is 18.4 Å². The highest BCUT2D eigenvalue weighted by Gasteiger charge is 2.15. The third-order valence-corrected chi connectivity index (χ3v) is 2.52. The molecular formula is C13H13N3O3. The quantitative estimate of drug-likeness (QED) is 0.822. The molecular weight excluding hydrogens is 246 g/mol. The van der Waals surface area contributed by atoms with Gasteiger partial charge in [0.15, 0.2) is 5.69 Å². The summed E-state index contributed by atoms with van der Waals surface area (Å²) in [6.07, 6.45) is 0. The molecule has 2 aromatic rings. The average Bonchev–Trinajstić information content (AvgIpc) is 2.85. The standard InChI is InChI=1S/C13H13N3O3/c1-8-7-11(16-15-8)12(17)14-10-6-4-3-5-9(10)13(18)19-2/h3-7H,1-2H3,(H,14,17)(H,15,16). The fourth-order valence-electron chi connectivity index (χ4n) is 1.60. The molecule has 0 saturated carbocycles. The Morgan fingerprint density at radius 3 is 2.68 bits per heavy atom. The van der Waals surface area contributed by atoms with E-state index in [-0.39, 0.29) is 11.6 Å². The predicted octanol–water partition coefficient (Wildman–Crippen LogP) is 1.76. The minimum absolute atomic E-state index is 0.261. The van der Waals surface area contributed by atoms with Gasteiger partial charge in [-0.3, -0.25) is 9.89 Å². The van der Waals surface area contributed by atoms with E-state index in [2.05, 4.69) is 20.3 Å². The molecule has 0 aliphatic rings. The van der Waals surface area contributed by atoms with Gasteiger partial charge in [-0.15, -0.1) is 0 Å². The van der Waals surface area contributed by atoms with Crippen LogP contribution < -0.4 is 5.32 Å². The molecule has 0 unspecified atom stereocenters. The Kier molecular flexibility index (Phi) is 3.61. The first-order chi connectivity index (χ1) is 9.11. The molecule has 0 aliphatic heterocycles. The minimum atomic E-state index is -0.505. The van der Waals surface area contributed by atoms with Crippen LogP contribution >= 0.6 is 0 Å². The van der Waals surface area contributed by atoms with Gasteiger partial charge in [0.1, 0.15) is 0 Å². The third-order valence-electron chi connectivity index (χ3n) is 2.52. The summed E-state index contributed by atoms with van der Waals surface area (Å²) >= 11 is 0. The lowest BCUT2D eigenvalue weighted by molar-refractivity contribution is 0.0602. The van der Waals surface area contributed by atoms with Crippen LogP contribution in [-0.2, 0) is 4.74 Å². The van der Waals surface area contributed by atoms with Crippen molar-refractivity contribution in [2.45, 2.75) is 6.92 Å². The molecule has 1 aromatic heterocycles. The van der Waals surface area contributed by atoms with E-state index in [1.54, 1.807) is 37.3 Å². The number of H-pyrrole nitrogens is 1. The lowest BCUT2D eigenvalue weighted by Gasteiger charge is -2.08. The molecule has 1 aromatic carbocycles. The normalized spacial score (nSPS) is 10.0. The van der Waals surface area contributed by atoms with Crippen LogP contribution in [0.2, 0.25) is 0 Å². The number of rotatable bonds is 3. The Bertz CT molecular complexity index is 619. The second-order valence-electron chi connectivity index (χ2n) is 3.93. The van der Waals surface area contributed by atoms with Crippen LogP contribution in [0.5, 0.6) is 0 Å². The number of esters is 1. The van der Waals surface area contributed by atoms with Crippen molar-refractivity contribution in [3.8, 4) is 0 Å². The maximum atomic E-state index is 11.9. The number of aryl methyl sites for hydroxylation is 1. The number of ether oxygens (including phenoxy) is 1. The van der Waals surface area contributed by atoms with Gasteiger partial charge >= 0.3 is 5.97 Å². The van der Waals surface area contributed by atoms with E-state index in [9.17, 15) is 9.59 Å². The lowest BCUT2D eigenvalue weighted by Crippen LogP contribution is -2.15. The van der Waals surface area contributed by atoms with E-state index < -0.39 is 5.97 Å². The highest BCUT2D eigenvalue weighted by Crippen LogP contribution is 2.16. The Morgan fingerprint density at radius 2 is 2.05 bits per heavy atom. The number of nitrogens with one attached hydrogen (secondary N) is 2. The number of anilines is 1. The molecule has 0 atom stereocenters. The number of aromatic amines is 1. The van der Waals surface area contributed by atoms with Crippen molar-refractivity contribution < 1.29 is 14.3 Å². The van der Waals surface area contributed by atoms with E-state index in [0.29, 0.717) is 11.3 Å². The van der Waals surface area contributed by atoms with Crippen molar-refractivity contribution in [1.29, 1.82) is 0 Å². The number of methoxy groups -OCH3 is 1. The molecule has 19 heavy (non-hydrogen) atoms. The number of hydrogen-bond acceptors (Lipinski definition) is 4. The maximum absolute atomic E-state index is 11.9. The van der Waals surface area contributed by atoms with Crippen LogP contribution in [0.1, 0.15) is 26.5 Å². The monoisotopic (exact) mass is 259 g/mol. The summed E-state index contributed by atoms with van der Waals surface area (Å²) in [7, 11) is 1.29. The van der Waals surface area contributed by atoms with Gasteiger partial charge in [0.2, 0.25) is 0 Å².